The van der Waals surface area contributed by atoms with Crippen LogP contribution in [0.4, 0.5) is 0 Å². The molecule has 1 aromatic carbocycles. The molecule has 0 bridgehead atoms. The van der Waals surface area contributed by atoms with Crippen molar-refractivity contribution in [2.75, 3.05) is 6.54 Å². The van der Waals surface area contributed by atoms with E-state index in [2.05, 4.69) is 50.4 Å². The molecule has 1 N–H and O–H groups in total. The van der Waals surface area contributed by atoms with Crippen molar-refractivity contribution < 1.29 is 0 Å². The third kappa shape index (κ3) is 3.35. The minimum atomic E-state index is 0.639. The average molecular weight is 245 g/mol. The van der Waals surface area contributed by atoms with Gasteiger partial charge in [-0.2, -0.15) is 0 Å². The van der Waals surface area contributed by atoms with Gasteiger partial charge in [-0.1, -0.05) is 51.5 Å². The van der Waals surface area contributed by atoms with Gasteiger partial charge in [0.25, 0.3) is 0 Å². The average Bonchev–Trinajstić information content (AvgIpc) is 2.78. The highest BCUT2D eigenvalue weighted by Crippen LogP contribution is 2.29. The summed E-state index contributed by atoms with van der Waals surface area (Å²) in [5.41, 5.74) is 2.96. The fraction of sp³-hybridized carbons (Fsp3) is 0.647. The quantitative estimate of drug-likeness (QED) is 0.822. The van der Waals surface area contributed by atoms with E-state index in [1.54, 1.807) is 0 Å². The van der Waals surface area contributed by atoms with Gasteiger partial charge in [0.1, 0.15) is 0 Å². The molecule has 0 amide bonds. The molecule has 1 aromatic rings. The van der Waals surface area contributed by atoms with Gasteiger partial charge in [0.2, 0.25) is 0 Å². The normalized spacial score (nSPS) is 23.8. The standard InChI is InChI=1S/C17H27N/c1-4-18-17-7-5-6-16(17)12-14-8-10-15(11-9-14)13(2)3/h8-11,13,16-18H,4-7,12H2,1-3H3. The van der Waals surface area contributed by atoms with Crippen LogP contribution in [-0.2, 0) is 6.42 Å². The molecule has 0 saturated heterocycles. The van der Waals surface area contributed by atoms with Crippen molar-refractivity contribution in [1.29, 1.82) is 0 Å². The summed E-state index contributed by atoms with van der Waals surface area (Å²) in [5, 5.41) is 3.64. The van der Waals surface area contributed by atoms with Gasteiger partial charge in [-0.05, 0) is 48.8 Å². The maximum absolute atomic E-state index is 3.64. The van der Waals surface area contributed by atoms with E-state index < -0.39 is 0 Å². The van der Waals surface area contributed by atoms with Gasteiger partial charge in [0.15, 0.2) is 0 Å². The molecular formula is C17H27N. The first-order chi connectivity index (χ1) is 8.70. The Morgan fingerprint density at radius 3 is 2.50 bits per heavy atom. The van der Waals surface area contributed by atoms with E-state index in [1.165, 1.54) is 36.8 Å². The van der Waals surface area contributed by atoms with Crippen LogP contribution < -0.4 is 5.32 Å². The lowest BCUT2D eigenvalue weighted by Crippen LogP contribution is -2.33. The molecule has 0 heterocycles. The molecular weight excluding hydrogens is 218 g/mol. The van der Waals surface area contributed by atoms with Crippen molar-refractivity contribution in [3.05, 3.63) is 35.4 Å². The Hall–Kier alpha value is -0.820. The molecule has 1 heteroatoms. The van der Waals surface area contributed by atoms with E-state index in [-0.39, 0.29) is 0 Å². The monoisotopic (exact) mass is 245 g/mol. The lowest BCUT2D eigenvalue weighted by atomic mass is 9.93. The van der Waals surface area contributed by atoms with E-state index in [4.69, 9.17) is 0 Å². The largest absolute Gasteiger partial charge is 0.314 e. The molecule has 2 rings (SSSR count). The first-order valence-electron chi connectivity index (χ1n) is 7.53. The molecule has 100 valence electrons. The smallest absolute Gasteiger partial charge is 0.00983 e. The van der Waals surface area contributed by atoms with Crippen molar-refractivity contribution in [3.8, 4) is 0 Å². The van der Waals surface area contributed by atoms with Crippen LogP contribution in [0.5, 0.6) is 0 Å². The molecule has 0 aromatic heterocycles. The Kier molecular flexibility index (Phi) is 4.82. The van der Waals surface area contributed by atoms with Crippen LogP contribution in [0, 0.1) is 5.92 Å². The Morgan fingerprint density at radius 1 is 1.17 bits per heavy atom. The Morgan fingerprint density at radius 2 is 1.89 bits per heavy atom. The van der Waals surface area contributed by atoms with Gasteiger partial charge >= 0.3 is 0 Å². The van der Waals surface area contributed by atoms with Gasteiger partial charge in [-0.25, -0.2) is 0 Å². The predicted octanol–water partition coefficient (Wildman–Crippen LogP) is 4.13. The van der Waals surface area contributed by atoms with Crippen molar-refractivity contribution in [1.82, 2.24) is 5.32 Å². The summed E-state index contributed by atoms with van der Waals surface area (Å²) in [4.78, 5) is 0. The van der Waals surface area contributed by atoms with E-state index in [1.807, 2.05) is 0 Å². The summed E-state index contributed by atoms with van der Waals surface area (Å²) >= 11 is 0. The second-order valence-electron chi connectivity index (χ2n) is 5.96. The van der Waals surface area contributed by atoms with Gasteiger partial charge in [0, 0.05) is 6.04 Å². The third-order valence-electron chi connectivity index (χ3n) is 4.27. The van der Waals surface area contributed by atoms with Crippen LogP contribution >= 0.6 is 0 Å². The maximum Gasteiger partial charge on any atom is 0.00983 e. The lowest BCUT2D eigenvalue weighted by Gasteiger charge is -2.20. The molecule has 2 unspecified atom stereocenters. The van der Waals surface area contributed by atoms with Crippen LogP contribution in [0.2, 0.25) is 0 Å². The molecule has 18 heavy (non-hydrogen) atoms. The molecule has 1 saturated carbocycles. The molecule has 1 aliphatic rings. The lowest BCUT2D eigenvalue weighted by molar-refractivity contribution is 0.406. The Labute approximate surface area is 112 Å². The highest BCUT2D eigenvalue weighted by atomic mass is 14.9. The van der Waals surface area contributed by atoms with Gasteiger partial charge < -0.3 is 5.32 Å². The van der Waals surface area contributed by atoms with Crippen LogP contribution in [-0.4, -0.2) is 12.6 Å². The second-order valence-corrected chi connectivity index (χ2v) is 5.96. The number of hydrogen-bond donors (Lipinski definition) is 1. The number of hydrogen-bond acceptors (Lipinski definition) is 1. The predicted molar refractivity (Wildman–Crippen MR) is 79.0 cm³/mol. The van der Waals surface area contributed by atoms with Gasteiger partial charge in [-0.15, -0.1) is 0 Å². The summed E-state index contributed by atoms with van der Waals surface area (Å²) in [6.07, 6.45) is 5.40. The number of nitrogens with one attached hydrogen (secondary N) is 1. The first-order valence-corrected chi connectivity index (χ1v) is 7.53. The fourth-order valence-electron chi connectivity index (χ4n) is 3.15. The number of benzene rings is 1. The topological polar surface area (TPSA) is 12.0 Å². The zero-order valence-corrected chi connectivity index (χ0v) is 12.1. The first kappa shape index (κ1) is 13.6. The molecule has 0 aliphatic heterocycles. The SMILES string of the molecule is CCNC1CCCC1Cc1ccc(C(C)C)cc1. The third-order valence-corrected chi connectivity index (χ3v) is 4.27. The molecule has 1 nitrogen and oxygen atoms in total. The van der Waals surface area contributed by atoms with Crippen molar-refractivity contribution in [3.63, 3.8) is 0 Å². The second kappa shape index (κ2) is 6.38. The van der Waals surface area contributed by atoms with Gasteiger partial charge in [0.05, 0.1) is 0 Å². The van der Waals surface area contributed by atoms with E-state index >= 15 is 0 Å². The van der Waals surface area contributed by atoms with E-state index in [0.29, 0.717) is 5.92 Å². The minimum absolute atomic E-state index is 0.639. The molecule has 1 fully saturated rings. The minimum Gasteiger partial charge on any atom is -0.314 e. The molecule has 2 atom stereocenters. The molecule has 0 radical (unpaired) electrons. The molecule has 0 spiro atoms. The summed E-state index contributed by atoms with van der Waals surface area (Å²) in [6.45, 7) is 7.83. The van der Waals surface area contributed by atoms with Crippen molar-refractivity contribution >= 4 is 0 Å². The van der Waals surface area contributed by atoms with E-state index in [0.717, 1.165) is 18.5 Å². The summed E-state index contributed by atoms with van der Waals surface area (Å²) in [7, 11) is 0. The maximum atomic E-state index is 3.64. The zero-order chi connectivity index (χ0) is 13.0. The Balaban J connectivity index is 1.96. The van der Waals surface area contributed by atoms with E-state index in [9.17, 15) is 0 Å². The highest BCUT2D eigenvalue weighted by molar-refractivity contribution is 5.25. The molecule has 1 aliphatic carbocycles. The highest BCUT2D eigenvalue weighted by Gasteiger charge is 2.26. The van der Waals surface area contributed by atoms with Crippen LogP contribution in [0.15, 0.2) is 24.3 Å². The summed E-state index contributed by atoms with van der Waals surface area (Å²) in [5.74, 6) is 1.48. The zero-order valence-electron chi connectivity index (χ0n) is 12.1. The van der Waals surface area contributed by atoms with Crippen molar-refractivity contribution in [2.24, 2.45) is 5.92 Å². The summed E-state index contributed by atoms with van der Waals surface area (Å²) in [6, 6.07) is 10.0. The van der Waals surface area contributed by atoms with Crippen LogP contribution in [0.25, 0.3) is 0 Å². The Bertz CT molecular complexity index is 352. The summed E-state index contributed by atoms with van der Waals surface area (Å²) < 4.78 is 0. The van der Waals surface area contributed by atoms with Gasteiger partial charge in [-0.3, -0.25) is 0 Å². The van der Waals surface area contributed by atoms with Crippen molar-refractivity contribution in [2.45, 2.75) is 58.4 Å². The number of rotatable bonds is 5. The fourth-order valence-corrected chi connectivity index (χ4v) is 3.15. The van der Waals surface area contributed by atoms with Crippen LogP contribution in [0.3, 0.4) is 0 Å². The van der Waals surface area contributed by atoms with Crippen LogP contribution in [0.1, 0.15) is 57.1 Å².